The van der Waals surface area contributed by atoms with Crippen LogP contribution in [0.4, 0.5) is 19.0 Å². The van der Waals surface area contributed by atoms with Gasteiger partial charge in [0.25, 0.3) is 0 Å². The minimum Gasteiger partial charge on any atom is -0.354 e. The van der Waals surface area contributed by atoms with Crippen LogP contribution in [-0.4, -0.2) is 31.2 Å². The van der Waals surface area contributed by atoms with Gasteiger partial charge in [0.1, 0.15) is 5.82 Å². The molecule has 0 unspecified atom stereocenters. The molecule has 0 atom stereocenters. The van der Waals surface area contributed by atoms with Crippen molar-refractivity contribution in [1.29, 1.82) is 0 Å². The first kappa shape index (κ1) is 13.7. The van der Waals surface area contributed by atoms with E-state index in [1.807, 2.05) is 0 Å². The van der Waals surface area contributed by atoms with Crippen LogP contribution in [0.1, 0.15) is 5.56 Å². The van der Waals surface area contributed by atoms with Crippen LogP contribution < -0.4 is 16.4 Å². The van der Waals surface area contributed by atoms with Gasteiger partial charge in [-0.05, 0) is 12.1 Å². The summed E-state index contributed by atoms with van der Waals surface area (Å²) in [7, 11) is 0. The fourth-order valence-corrected chi connectivity index (χ4v) is 1.51. The van der Waals surface area contributed by atoms with Gasteiger partial charge in [-0.3, -0.25) is 0 Å². The van der Waals surface area contributed by atoms with Crippen LogP contribution in [0, 0.1) is 0 Å². The molecule has 1 aromatic heterocycles. The molecule has 0 aliphatic heterocycles. The molecule has 0 aliphatic rings. The highest BCUT2D eigenvalue weighted by molar-refractivity contribution is 5.48. The van der Waals surface area contributed by atoms with E-state index in [4.69, 9.17) is 11.5 Å². The summed E-state index contributed by atoms with van der Waals surface area (Å²) in [6.45, 7) is 1.07. The maximum atomic E-state index is 12.8. The Kier molecular flexibility index (Phi) is 4.71. The van der Waals surface area contributed by atoms with E-state index < -0.39 is 11.7 Å². The SMILES string of the molecule is NCCN(CCN)c1ncccc1C(F)(F)F. The van der Waals surface area contributed by atoms with Crippen molar-refractivity contribution in [1.82, 2.24) is 4.98 Å². The van der Waals surface area contributed by atoms with E-state index in [9.17, 15) is 13.2 Å². The predicted octanol–water partition coefficient (Wildman–Crippen LogP) is 0.824. The van der Waals surface area contributed by atoms with Gasteiger partial charge in [0.2, 0.25) is 0 Å². The fourth-order valence-electron chi connectivity index (χ4n) is 1.51. The van der Waals surface area contributed by atoms with Gasteiger partial charge in [-0.2, -0.15) is 13.2 Å². The molecule has 17 heavy (non-hydrogen) atoms. The topological polar surface area (TPSA) is 68.2 Å². The molecule has 1 heterocycles. The van der Waals surface area contributed by atoms with Crippen LogP contribution in [0.25, 0.3) is 0 Å². The van der Waals surface area contributed by atoms with Crippen LogP contribution in [0.2, 0.25) is 0 Å². The fraction of sp³-hybridized carbons (Fsp3) is 0.500. The second-order valence-corrected chi connectivity index (χ2v) is 3.44. The molecule has 0 aromatic carbocycles. The first-order valence-corrected chi connectivity index (χ1v) is 5.18. The third kappa shape index (κ3) is 3.57. The zero-order valence-corrected chi connectivity index (χ0v) is 9.24. The predicted molar refractivity (Wildman–Crippen MR) is 59.6 cm³/mol. The number of aromatic nitrogens is 1. The number of anilines is 1. The van der Waals surface area contributed by atoms with E-state index in [1.54, 1.807) is 0 Å². The third-order valence-corrected chi connectivity index (χ3v) is 2.19. The Morgan fingerprint density at radius 3 is 2.24 bits per heavy atom. The van der Waals surface area contributed by atoms with Gasteiger partial charge in [-0.1, -0.05) is 0 Å². The Hall–Kier alpha value is -1.34. The Morgan fingerprint density at radius 1 is 1.18 bits per heavy atom. The van der Waals surface area contributed by atoms with Crippen molar-refractivity contribution >= 4 is 5.82 Å². The standard InChI is InChI=1S/C10H15F3N4/c11-10(12,13)8-2-1-5-16-9(8)17(6-3-14)7-4-15/h1-2,5H,3-4,6-7,14-15H2. The van der Waals surface area contributed by atoms with E-state index in [-0.39, 0.29) is 32.0 Å². The van der Waals surface area contributed by atoms with Crippen molar-refractivity contribution in [3.8, 4) is 0 Å². The molecule has 1 rings (SSSR count). The Labute approximate surface area is 97.4 Å². The smallest absolute Gasteiger partial charge is 0.354 e. The lowest BCUT2D eigenvalue weighted by Crippen LogP contribution is -2.35. The van der Waals surface area contributed by atoms with Crippen LogP contribution >= 0.6 is 0 Å². The highest BCUT2D eigenvalue weighted by Gasteiger charge is 2.35. The molecular weight excluding hydrogens is 233 g/mol. The van der Waals surface area contributed by atoms with E-state index in [2.05, 4.69) is 4.98 Å². The largest absolute Gasteiger partial charge is 0.419 e. The van der Waals surface area contributed by atoms with Crippen molar-refractivity contribution < 1.29 is 13.2 Å². The lowest BCUT2D eigenvalue weighted by atomic mass is 10.2. The lowest BCUT2D eigenvalue weighted by Gasteiger charge is -2.25. The molecule has 0 aliphatic carbocycles. The van der Waals surface area contributed by atoms with Crippen molar-refractivity contribution in [3.63, 3.8) is 0 Å². The first-order valence-electron chi connectivity index (χ1n) is 5.18. The maximum absolute atomic E-state index is 12.8. The summed E-state index contributed by atoms with van der Waals surface area (Å²) in [5.41, 5.74) is 9.97. The van der Waals surface area contributed by atoms with Gasteiger partial charge in [-0.15, -0.1) is 0 Å². The van der Waals surface area contributed by atoms with Crippen LogP contribution in [0.15, 0.2) is 18.3 Å². The number of pyridine rings is 1. The number of rotatable bonds is 5. The van der Waals surface area contributed by atoms with Crippen molar-refractivity contribution in [3.05, 3.63) is 23.9 Å². The second kappa shape index (κ2) is 5.83. The maximum Gasteiger partial charge on any atom is 0.419 e. The Bertz CT molecular complexity index is 348. The number of hydrogen-bond acceptors (Lipinski definition) is 4. The zero-order chi connectivity index (χ0) is 12.9. The molecule has 4 N–H and O–H groups in total. The molecule has 0 amide bonds. The van der Waals surface area contributed by atoms with Gasteiger partial charge < -0.3 is 16.4 Å². The number of hydrogen-bond donors (Lipinski definition) is 2. The van der Waals surface area contributed by atoms with Crippen LogP contribution in [0.3, 0.4) is 0 Å². The molecule has 96 valence electrons. The van der Waals surface area contributed by atoms with Crippen molar-refractivity contribution in [2.75, 3.05) is 31.1 Å². The summed E-state index contributed by atoms with van der Waals surface area (Å²) in [6, 6.07) is 2.26. The molecule has 0 saturated carbocycles. The van der Waals surface area contributed by atoms with E-state index in [0.29, 0.717) is 0 Å². The monoisotopic (exact) mass is 248 g/mol. The normalized spacial score (nSPS) is 11.6. The molecule has 1 aromatic rings. The minimum atomic E-state index is -4.43. The molecule has 0 radical (unpaired) electrons. The molecule has 0 fully saturated rings. The quantitative estimate of drug-likeness (QED) is 0.809. The number of nitrogens with two attached hydrogens (primary N) is 2. The molecule has 0 bridgehead atoms. The first-order chi connectivity index (χ1) is 8.00. The highest BCUT2D eigenvalue weighted by Crippen LogP contribution is 2.34. The summed E-state index contributed by atoms with van der Waals surface area (Å²) < 4.78 is 38.3. The van der Waals surface area contributed by atoms with Gasteiger partial charge in [0.15, 0.2) is 0 Å². The number of halogens is 3. The summed E-state index contributed by atoms with van der Waals surface area (Å²) >= 11 is 0. The van der Waals surface area contributed by atoms with Gasteiger partial charge in [0, 0.05) is 32.4 Å². The van der Waals surface area contributed by atoms with Gasteiger partial charge >= 0.3 is 6.18 Å². The minimum absolute atomic E-state index is 0.115. The summed E-state index contributed by atoms with van der Waals surface area (Å²) in [6.07, 6.45) is -3.10. The summed E-state index contributed by atoms with van der Waals surface area (Å²) in [4.78, 5) is 5.22. The number of alkyl halides is 3. The van der Waals surface area contributed by atoms with E-state index in [1.165, 1.54) is 17.2 Å². The van der Waals surface area contributed by atoms with Crippen molar-refractivity contribution in [2.45, 2.75) is 6.18 Å². The second-order valence-electron chi connectivity index (χ2n) is 3.44. The zero-order valence-electron chi connectivity index (χ0n) is 9.24. The molecule has 0 saturated heterocycles. The Balaban J connectivity index is 3.09. The highest BCUT2D eigenvalue weighted by atomic mass is 19.4. The molecule has 0 spiro atoms. The Morgan fingerprint density at radius 2 is 1.76 bits per heavy atom. The van der Waals surface area contributed by atoms with Gasteiger partial charge in [-0.25, -0.2) is 4.98 Å². The van der Waals surface area contributed by atoms with E-state index >= 15 is 0 Å². The van der Waals surface area contributed by atoms with Crippen LogP contribution in [-0.2, 0) is 6.18 Å². The molecular formula is C10H15F3N4. The summed E-state index contributed by atoms with van der Waals surface area (Å²) in [5, 5.41) is 0. The molecule has 7 heteroatoms. The summed E-state index contributed by atoms with van der Waals surface area (Å²) in [5.74, 6) is -0.115. The average molecular weight is 248 g/mol. The average Bonchev–Trinajstić information content (AvgIpc) is 2.28. The van der Waals surface area contributed by atoms with Gasteiger partial charge in [0.05, 0.1) is 5.56 Å². The molecule has 4 nitrogen and oxygen atoms in total. The van der Waals surface area contributed by atoms with E-state index in [0.717, 1.165) is 6.07 Å². The van der Waals surface area contributed by atoms with Crippen molar-refractivity contribution in [2.24, 2.45) is 11.5 Å². The lowest BCUT2D eigenvalue weighted by molar-refractivity contribution is -0.137. The van der Waals surface area contributed by atoms with Crippen LogP contribution in [0.5, 0.6) is 0 Å². The third-order valence-electron chi connectivity index (χ3n) is 2.19. The number of nitrogens with zero attached hydrogens (tertiary/aromatic N) is 2.